The SMILES string of the molecule is O=C(Nc1ccc(Oc2cccc3ccccc23)cc1)[C@H]1CC(=O)N(c2ccc(Br)cc2)C1. The van der Waals surface area contributed by atoms with Crippen LogP contribution in [0.5, 0.6) is 11.5 Å². The first-order valence-corrected chi connectivity index (χ1v) is 11.5. The van der Waals surface area contributed by atoms with Crippen LogP contribution < -0.4 is 15.0 Å². The van der Waals surface area contributed by atoms with Crippen molar-refractivity contribution in [1.82, 2.24) is 0 Å². The van der Waals surface area contributed by atoms with Crippen LogP contribution in [-0.2, 0) is 9.59 Å². The lowest BCUT2D eigenvalue weighted by Crippen LogP contribution is -2.28. The van der Waals surface area contributed by atoms with Crippen molar-refractivity contribution >= 4 is 49.9 Å². The fraction of sp³-hybridized carbons (Fsp3) is 0.111. The lowest BCUT2D eigenvalue weighted by atomic mass is 10.1. The van der Waals surface area contributed by atoms with Crippen molar-refractivity contribution in [3.05, 3.63) is 95.5 Å². The number of benzene rings is 4. The van der Waals surface area contributed by atoms with Gasteiger partial charge in [-0.25, -0.2) is 0 Å². The fourth-order valence-corrected chi connectivity index (χ4v) is 4.28. The van der Waals surface area contributed by atoms with E-state index in [4.69, 9.17) is 4.74 Å². The summed E-state index contributed by atoms with van der Waals surface area (Å²) >= 11 is 3.40. The molecule has 1 aliphatic heterocycles. The van der Waals surface area contributed by atoms with Gasteiger partial charge in [0.2, 0.25) is 11.8 Å². The van der Waals surface area contributed by atoms with E-state index in [1.165, 1.54) is 0 Å². The molecule has 1 saturated heterocycles. The molecule has 0 bridgehead atoms. The Morgan fingerprint density at radius 1 is 0.909 bits per heavy atom. The zero-order valence-corrected chi connectivity index (χ0v) is 19.3. The molecule has 1 aliphatic rings. The van der Waals surface area contributed by atoms with Crippen molar-refractivity contribution in [3.8, 4) is 11.5 Å². The van der Waals surface area contributed by atoms with Crippen LogP contribution in [0.4, 0.5) is 11.4 Å². The van der Waals surface area contributed by atoms with Gasteiger partial charge >= 0.3 is 0 Å². The third kappa shape index (κ3) is 4.61. The number of nitrogens with zero attached hydrogens (tertiary/aromatic N) is 1. The molecular formula is C27H21BrN2O3. The van der Waals surface area contributed by atoms with Gasteiger partial charge in [-0.1, -0.05) is 52.3 Å². The van der Waals surface area contributed by atoms with E-state index in [1.807, 2.05) is 91.0 Å². The van der Waals surface area contributed by atoms with Crippen LogP contribution in [0.15, 0.2) is 95.5 Å². The molecule has 5 rings (SSSR count). The Morgan fingerprint density at radius 2 is 1.64 bits per heavy atom. The number of nitrogens with one attached hydrogen (secondary N) is 1. The van der Waals surface area contributed by atoms with Gasteiger partial charge in [0.15, 0.2) is 0 Å². The maximum absolute atomic E-state index is 12.8. The molecule has 0 radical (unpaired) electrons. The Labute approximate surface area is 200 Å². The third-order valence-corrected chi connectivity index (χ3v) is 6.26. The van der Waals surface area contributed by atoms with E-state index in [9.17, 15) is 9.59 Å². The number of anilines is 2. The summed E-state index contributed by atoms with van der Waals surface area (Å²) < 4.78 is 7.01. The number of carbonyl (C=O) groups excluding carboxylic acids is 2. The van der Waals surface area contributed by atoms with Crippen molar-refractivity contribution in [2.45, 2.75) is 6.42 Å². The Kier molecular flexibility index (Phi) is 5.84. The molecule has 0 spiro atoms. The topological polar surface area (TPSA) is 58.6 Å². The van der Waals surface area contributed by atoms with Crippen LogP contribution in [0.1, 0.15) is 6.42 Å². The Balaban J connectivity index is 1.23. The molecule has 4 aromatic carbocycles. The van der Waals surface area contributed by atoms with Crippen LogP contribution in [0, 0.1) is 5.92 Å². The largest absolute Gasteiger partial charge is 0.457 e. The highest BCUT2D eigenvalue weighted by Gasteiger charge is 2.35. The zero-order chi connectivity index (χ0) is 22.8. The quantitative estimate of drug-likeness (QED) is 0.345. The van der Waals surface area contributed by atoms with E-state index in [1.54, 1.807) is 4.90 Å². The van der Waals surface area contributed by atoms with Crippen molar-refractivity contribution in [2.24, 2.45) is 5.92 Å². The van der Waals surface area contributed by atoms with Crippen LogP contribution in [0.3, 0.4) is 0 Å². The molecule has 6 heteroatoms. The Morgan fingerprint density at radius 3 is 2.42 bits per heavy atom. The minimum absolute atomic E-state index is 0.0451. The minimum atomic E-state index is -0.396. The summed E-state index contributed by atoms with van der Waals surface area (Å²) in [6.45, 7) is 0.370. The molecule has 0 unspecified atom stereocenters. The van der Waals surface area contributed by atoms with Gasteiger partial charge in [0, 0.05) is 34.2 Å². The highest BCUT2D eigenvalue weighted by molar-refractivity contribution is 9.10. The highest BCUT2D eigenvalue weighted by atomic mass is 79.9. The van der Waals surface area contributed by atoms with Crippen LogP contribution >= 0.6 is 15.9 Å². The molecule has 2 amide bonds. The number of hydrogen-bond donors (Lipinski definition) is 1. The van der Waals surface area contributed by atoms with Gasteiger partial charge < -0.3 is 15.0 Å². The van der Waals surface area contributed by atoms with Gasteiger partial charge in [-0.3, -0.25) is 9.59 Å². The lowest BCUT2D eigenvalue weighted by Gasteiger charge is -2.17. The van der Waals surface area contributed by atoms with Crippen molar-refractivity contribution in [3.63, 3.8) is 0 Å². The molecule has 4 aromatic rings. The standard InChI is InChI=1S/C27H21BrN2O3/c28-20-8-12-22(13-9-20)30-17-19(16-26(30)31)27(32)29-21-10-14-23(15-11-21)33-25-7-3-5-18-4-1-2-6-24(18)25/h1-15,19H,16-17H2,(H,29,32)/t19-/m0/s1. The first-order chi connectivity index (χ1) is 16.1. The van der Waals surface area contributed by atoms with E-state index in [-0.39, 0.29) is 18.2 Å². The molecule has 33 heavy (non-hydrogen) atoms. The summed E-state index contributed by atoms with van der Waals surface area (Å²) in [6.07, 6.45) is 0.199. The van der Waals surface area contributed by atoms with Gasteiger partial charge in [-0.15, -0.1) is 0 Å². The summed E-state index contributed by atoms with van der Waals surface area (Å²) in [6, 6.07) is 28.8. The van der Waals surface area contributed by atoms with E-state index in [0.29, 0.717) is 18.0 Å². The first kappa shape index (κ1) is 21.2. The van der Waals surface area contributed by atoms with Gasteiger partial charge in [0.25, 0.3) is 0 Å². The molecule has 1 N–H and O–H groups in total. The van der Waals surface area contributed by atoms with E-state index in [2.05, 4.69) is 21.2 Å². The summed E-state index contributed by atoms with van der Waals surface area (Å²) in [4.78, 5) is 26.9. The summed E-state index contributed by atoms with van der Waals surface area (Å²) in [5, 5.41) is 5.08. The zero-order valence-electron chi connectivity index (χ0n) is 17.7. The number of fused-ring (bicyclic) bond motifs is 1. The molecule has 1 fully saturated rings. The van der Waals surface area contributed by atoms with E-state index >= 15 is 0 Å². The van der Waals surface area contributed by atoms with E-state index < -0.39 is 5.92 Å². The molecule has 5 nitrogen and oxygen atoms in total. The predicted octanol–water partition coefficient (Wildman–Crippen LogP) is 6.39. The third-order valence-electron chi connectivity index (χ3n) is 5.73. The second-order valence-corrected chi connectivity index (χ2v) is 8.89. The Bertz CT molecular complexity index is 1310. The van der Waals surface area contributed by atoms with Crippen LogP contribution in [-0.4, -0.2) is 18.4 Å². The van der Waals surface area contributed by atoms with Gasteiger partial charge in [-0.05, 0) is 60.0 Å². The van der Waals surface area contributed by atoms with Gasteiger partial charge in [0.1, 0.15) is 11.5 Å². The average molecular weight is 501 g/mol. The number of rotatable bonds is 5. The summed E-state index contributed by atoms with van der Waals surface area (Å²) in [5.74, 6) is 0.860. The molecule has 164 valence electrons. The second kappa shape index (κ2) is 9.08. The number of ether oxygens (including phenoxy) is 1. The fourth-order valence-electron chi connectivity index (χ4n) is 4.02. The lowest BCUT2D eigenvalue weighted by molar-refractivity contribution is -0.122. The second-order valence-electron chi connectivity index (χ2n) is 7.97. The van der Waals surface area contributed by atoms with E-state index in [0.717, 1.165) is 26.7 Å². The van der Waals surface area contributed by atoms with Crippen molar-refractivity contribution in [2.75, 3.05) is 16.8 Å². The maximum atomic E-state index is 12.8. The minimum Gasteiger partial charge on any atom is -0.457 e. The van der Waals surface area contributed by atoms with Gasteiger partial charge in [-0.2, -0.15) is 0 Å². The molecule has 1 heterocycles. The highest BCUT2D eigenvalue weighted by Crippen LogP contribution is 2.31. The van der Waals surface area contributed by atoms with Crippen molar-refractivity contribution < 1.29 is 14.3 Å². The number of amides is 2. The van der Waals surface area contributed by atoms with Crippen LogP contribution in [0.25, 0.3) is 10.8 Å². The molecular weight excluding hydrogens is 480 g/mol. The summed E-state index contributed by atoms with van der Waals surface area (Å²) in [5.41, 5.74) is 1.47. The predicted molar refractivity (Wildman–Crippen MR) is 134 cm³/mol. The molecule has 1 atom stereocenters. The number of halogens is 1. The number of carbonyl (C=O) groups is 2. The number of hydrogen-bond acceptors (Lipinski definition) is 3. The molecule has 0 aromatic heterocycles. The molecule has 0 aliphatic carbocycles. The smallest absolute Gasteiger partial charge is 0.229 e. The van der Waals surface area contributed by atoms with Crippen molar-refractivity contribution in [1.29, 1.82) is 0 Å². The average Bonchev–Trinajstić information content (AvgIpc) is 3.23. The molecule has 0 saturated carbocycles. The van der Waals surface area contributed by atoms with Gasteiger partial charge in [0.05, 0.1) is 5.92 Å². The summed E-state index contributed by atoms with van der Waals surface area (Å²) in [7, 11) is 0. The maximum Gasteiger partial charge on any atom is 0.229 e. The van der Waals surface area contributed by atoms with Crippen LogP contribution in [0.2, 0.25) is 0 Å². The first-order valence-electron chi connectivity index (χ1n) is 10.7. The normalized spacial score (nSPS) is 15.6. The Hall–Kier alpha value is -3.64. The monoisotopic (exact) mass is 500 g/mol.